The summed E-state index contributed by atoms with van der Waals surface area (Å²) in [6, 6.07) is 5.30. The molecule has 2 N–H and O–H groups in total. The van der Waals surface area contributed by atoms with E-state index in [1.165, 1.54) is 12.8 Å². The number of carbonyl (C=O) groups is 1. The van der Waals surface area contributed by atoms with Gasteiger partial charge in [0.15, 0.2) is 0 Å². The number of nitrogens with one attached hydrogen (secondary N) is 2. The average molecular weight is 303 g/mol. The van der Waals surface area contributed by atoms with Crippen molar-refractivity contribution in [1.82, 2.24) is 14.9 Å². The van der Waals surface area contributed by atoms with Crippen molar-refractivity contribution < 1.29 is 9.53 Å². The maximum atomic E-state index is 12.1. The summed E-state index contributed by atoms with van der Waals surface area (Å²) in [6.07, 6.45) is 2.41. The van der Waals surface area contributed by atoms with Crippen LogP contribution < -0.4 is 11.0 Å². The number of fused-ring (bicyclic) bond motifs is 1. The Hall–Kier alpha value is -2.08. The molecule has 6 heteroatoms. The Bertz CT molecular complexity index is 728. The summed E-state index contributed by atoms with van der Waals surface area (Å²) in [5, 5.41) is 2.93. The predicted molar refractivity (Wildman–Crippen MR) is 84.1 cm³/mol. The van der Waals surface area contributed by atoms with Gasteiger partial charge in [-0.25, -0.2) is 4.79 Å². The molecule has 118 valence electrons. The lowest BCUT2D eigenvalue weighted by Crippen LogP contribution is -2.25. The molecule has 0 aliphatic heterocycles. The number of hydrogen-bond donors (Lipinski definition) is 2. The van der Waals surface area contributed by atoms with Gasteiger partial charge in [-0.2, -0.15) is 0 Å². The molecule has 1 aromatic carbocycles. The second kappa shape index (κ2) is 6.36. The third-order valence-electron chi connectivity index (χ3n) is 3.95. The van der Waals surface area contributed by atoms with Crippen molar-refractivity contribution in [1.29, 1.82) is 0 Å². The van der Waals surface area contributed by atoms with Crippen molar-refractivity contribution in [3.05, 3.63) is 34.2 Å². The number of nitrogens with zero attached hydrogens (tertiary/aromatic N) is 1. The topological polar surface area (TPSA) is 76.1 Å². The molecule has 1 saturated carbocycles. The van der Waals surface area contributed by atoms with Crippen LogP contribution in [0.25, 0.3) is 11.0 Å². The van der Waals surface area contributed by atoms with Gasteiger partial charge >= 0.3 is 5.69 Å². The smallest absolute Gasteiger partial charge is 0.326 e. The Labute approximate surface area is 128 Å². The highest BCUT2D eigenvalue weighted by molar-refractivity contribution is 5.97. The third-order valence-corrected chi connectivity index (χ3v) is 3.95. The van der Waals surface area contributed by atoms with E-state index in [2.05, 4.69) is 10.3 Å². The first kappa shape index (κ1) is 14.8. The summed E-state index contributed by atoms with van der Waals surface area (Å²) >= 11 is 0. The van der Waals surface area contributed by atoms with E-state index in [9.17, 15) is 9.59 Å². The van der Waals surface area contributed by atoms with E-state index in [0.717, 1.165) is 12.1 Å². The standard InChI is InChI=1S/C16H21N3O3/c1-2-22-8-7-19-14-6-5-12(9-13(14)18-16(19)21)15(20)17-10-11-3-4-11/h5-6,9,11H,2-4,7-8,10H2,1H3,(H,17,20)(H,18,21). The zero-order valence-electron chi connectivity index (χ0n) is 12.7. The van der Waals surface area contributed by atoms with E-state index in [-0.39, 0.29) is 11.6 Å². The number of H-pyrrole nitrogens is 1. The summed E-state index contributed by atoms with van der Waals surface area (Å²) in [5.74, 6) is 0.559. The SMILES string of the molecule is CCOCCn1c(=O)[nH]c2cc(C(=O)NCC3CC3)ccc21. The second-order valence-corrected chi connectivity index (χ2v) is 5.66. The largest absolute Gasteiger partial charge is 0.380 e. The van der Waals surface area contributed by atoms with Gasteiger partial charge in [0.25, 0.3) is 5.91 Å². The maximum Gasteiger partial charge on any atom is 0.326 e. The Kier molecular flexibility index (Phi) is 4.29. The van der Waals surface area contributed by atoms with Crippen LogP contribution in [0.2, 0.25) is 0 Å². The highest BCUT2D eigenvalue weighted by Gasteiger charge is 2.22. The molecule has 22 heavy (non-hydrogen) atoms. The van der Waals surface area contributed by atoms with E-state index in [0.29, 0.717) is 36.8 Å². The molecule has 2 aromatic rings. The number of aromatic nitrogens is 2. The van der Waals surface area contributed by atoms with Crippen LogP contribution in [0, 0.1) is 5.92 Å². The molecule has 0 atom stereocenters. The van der Waals surface area contributed by atoms with Gasteiger partial charge in [-0.15, -0.1) is 0 Å². The van der Waals surface area contributed by atoms with Crippen molar-refractivity contribution >= 4 is 16.9 Å². The molecule has 1 aliphatic carbocycles. The Balaban J connectivity index is 1.77. The number of hydrogen-bond acceptors (Lipinski definition) is 3. The van der Waals surface area contributed by atoms with Crippen molar-refractivity contribution in [3.8, 4) is 0 Å². The average Bonchev–Trinajstić information content (AvgIpc) is 3.29. The van der Waals surface area contributed by atoms with Crippen LogP contribution >= 0.6 is 0 Å². The Morgan fingerprint density at radius 1 is 1.45 bits per heavy atom. The van der Waals surface area contributed by atoms with E-state index < -0.39 is 0 Å². The Morgan fingerprint density at radius 3 is 3.00 bits per heavy atom. The van der Waals surface area contributed by atoms with E-state index in [4.69, 9.17) is 4.74 Å². The minimum atomic E-state index is -0.176. The molecule has 1 amide bonds. The molecule has 1 aromatic heterocycles. The van der Waals surface area contributed by atoms with Gasteiger partial charge < -0.3 is 15.0 Å². The lowest BCUT2D eigenvalue weighted by Gasteiger charge is -2.06. The predicted octanol–water partition coefficient (Wildman–Crippen LogP) is 1.51. The normalized spacial score (nSPS) is 14.4. The molecule has 1 heterocycles. The number of ether oxygens (including phenoxy) is 1. The van der Waals surface area contributed by atoms with Crippen LogP contribution in [0.1, 0.15) is 30.1 Å². The minimum absolute atomic E-state index is 0.0864. The maximum absolute atomic E-state index is 12.1. The van der Waals surface area contributed by atoms with Crippen LogP contribution in [0.5, 0.6) is 0 Å². The number of imidazole rings is 1. The molecule has 0 saturated heterocycles. The first-order valence-corrected chi connectivity index (χ1v) is 7.77. The first-order chi connectivity index (χ1) is 10.7. The fourth-order valence-corrected chi connectivity index (χ4v) is 2.49. The molecule has 3 rings (SSSR count). The number of aromatic amines is 1. The zero-order chi connectivity index (χ0) is 15.5. The Morgan fingerprint density at radius 2 is 2.27 bits per heavy atom. The molecule has 1 aliphatic rings. The molecule has 0 bridgehead atoms. The van der Waals surface area contributed by atoms with Gasteiger partial charge in [0.05, 0.1) is 24.2 Å². The first-order valence-electron chi connectivity index (χ1n) is 7.77. The lowest BCUT2D eigenvalue weighted by atomic mass is 10.2. The minimum Gasteiger partial charge on any atom is -0.380 e. The van der Waals surface area contributed by atoms with Gasteiger partial charge in [-0.05, 0) is 43.9 Å². The van der Waals surface area contributed by atoms with Gasteiger partial charge in [-0.1, -0.05) is 0 Å². The van der Waals surface area contributed by atoms with Gasteiger partial charge in [0.2, 0.25) is 0 Å². The van der Waals surface area contributed by atoms with E-state index in [1.807, 2.05) is 13.0 Å². The quantitative estimate of drug-likeness (QED) is 0.761. The van der Waals surface area contributed by atoms with Crippen molar-refractivity contribution in [2.45, 2.75) is 26.3 Å². The van der Waals surface area contributed by atoms with Crippen LogP contribution in [-0.4, -0.2) is 35.2 Å². The van der Waals surface area contributed by atoms with E-state index >= 15 is 0 Å². The molecule has 0 radical (unpaired) electrons. The monoisotopic (exact) mass is 303 g/mol. The fraction of sp³-hybridized carbons (Fsp3) is 0.500. The molecule has 0 unspecified atom stereocenters. The summed E-state index contributed by atoms with van der Waals surface area (Å²) in [4.78, 5) is 26.9. The van der Waals surface area contributed by atoms with Crippen LogP contribution in [0.3, 0.4) is 0 Å². The van der Waals surface area contributed by atoms with Gasteiger partial charge in [-0.3, -0.25) is 9.36 Å². The van der Waals surface area contributed by atoms with Crippen LogP contribution in [-0.2, 0) is 11.3 Å². The van der Waals surface area contributed by atoms with Gasteiger partial charge in [0, 0.05) is 18.7 Å². The zero-order valence-corrected chi connectivity index (χ0v) is 12.7. The molecule has 1 fully saturated rings. The fourth-order valence-electron chi connectivity index (χ4n) is 2.49. The van der Waals surface area contributed by atoms with Crippen LogP contribution in [0.15, 0.2) is 23.0 Å². The van der Waals surface area contributed by atoms with Crippen LogP contribution in [0.4, 0.5) is 0 Å². The molecular formula is C16H21N3O3. The van der Waals surface area contributed by atoms with Crippen molar-refractivity contribution in [2.24, 2.45) is 5.92 Å². The molecule has 0 spiro atoms. The van der Waals surface area contributed by atoms with Crippen molar-refractivity contribution in [2.75, 3.05) is 19.8 Å². The number of amides is 1. The summed E-state index contributed by atoms with van der Waals surface area (Å²) in [6.45, 7) is 4.28. The summed E-state index contributed by atoms with van der Waals surface area (Å²) in [7, 11) is 0. The number of rotatable bonds is 7. The van der Waals surface area contributed by atoms with Gasteiger partial charge in [0.1, 0.15) is 0 Å². The summed E-state index contributed by atoms with van der Waals surface area (Å²) in [5.41, 5.74) is 1.88. The summed E-state index contributed by atoms with van der Waals surface area (Å²) < 4.78 is 6.93. The lowest BCUT2D eigenvalue weighted by molar-refractivity contribution is 0.0952. The second-order valence-electron chi connectivity index (χ2n) is 5.66. The highest BCUT2D eigenvalue weighted by atomic mass is 16.5. The number of benzene rings is 1. The highest BCUT2D eigenvalue weighted by Crippen LogP contribution is 2.27. The number of carbonyl (C=O) groups excluding carboxylic acids is 1. The molecular weight excluding hydrogens is 282 g/mol. The van der Waals surface area contributed by atoms with Crippen molar-refractivity contribution in [3.63, 3.8) is 0 Å². The molecule has 6 nitrogen and oxygen atoms in total. The third kappa shape index (κ3) is 3.22. The van der Waals surface area contributed by atoms with E-state index in [1.54, 1.807) is 16.7 Å².